The van der Waals surface area contributed by atoms with Crippen molar-refractivity contribution < 1.29 is 13.9 Å². The minimum atomic E-state index is -0.463. The molecule has 0 saturated heterocycles. The number of carbonyl (C=O) groups is 1. The average molecular weight is 308 g/mol. The Morgan fingerprint density at radius 3 is 2.57 bits per heavy atom. The van der Waals surface area contributed by atoms with E-state index >= 15 is 0 Å². The highest BCUT2D eigenvalue weighted by atomic mass is 35.5. The van der Waals surface area contributed by atoms with Gasteiger partial charge >= 0.3 is 5.97 Å². The van der Waals surface area contributed by atoms with Crippen molar-refractivity contribution in [2.24, 2.45) is 0 Å². The average Bonchev–Trinajstić information content (AvgIpc) is 2.95. The zero-order chi connectivity index (χ0) is 15.4. The first-order valence-corrected chi connectivity index (χ1v) is 7.01. The van der Waals surface area contributed by atoms with E-state index in [1.807, 2.05) is 31.3 Å². The second kappa shape index (κ2) is 6.78. The molecule has 1 unspecified atom stereocenters. The molecule has 1 aromatic carbocycles. The SMILES string of the molecule is COC(=O)c1ccc(CN(C)C(C)c2ccc(Cl)cc2)o1. The number of benzene rings is 1. The van der Waals surface area contributed by atoms with Crippen LogP contribution in [-0.4, -0.2) is 25.0 Å². The number of hydrogen-bond donors (Lipinski definition) is 0. The molecule has 2 rings (SSSR count). The van der Waals surface area contributed by atoms with Crippen LogP contribution < -0.4 is 0 Å². The van der Waals surface area contributed by atoms with Crippen molar-refractivity contribution in [2.75, 3.05) is 14.2 Å². The molecule has 0 spiro atoms. The first-order valence-electron chi connectivity index (χ1n) is 6.64. The van der Waals surface area contributed by atoms with Crippen molar-refractivity contribution in [3.63, 3.8) is 0 Å². The molecular formula is C16H18ClNO3. The smallest absolute Gasteiger partial charge is 0.373 e. The van der Waals surface area contributed by atoms with E-state index in [4.69, 9.17) is 16.0 Å². The van der Waals surface area contributed by atoms with Gasteiger partial charge in [-0.3, -0.25) is 4.90 Å². The molecule has 4 nitrogen and oxygen atoms in total. The Morgan fingerprint density at radius 1 is 1.29 bits per heavy atom. The number of esters is 1. The number of hydrogen-bond acceptors (Lipinski definition) is 4. The molecule has 0 bridgehead atoms. The van der Waals surface area contributed by atoms with Crippen LogP contribution in [0.15, 0.2) is 40.8 Å². The van der Waals surface area contributed by atoms with Crippen LogP contribution in [-0.2, 0) is 11.3 Å². The van der Waals surface area contributed by atoms with Crippen LogP contribution in [0.4, 0.5) is 0 Å². The quantitative estimate of drug-likeness (QED) is 0.785. The van der Waals surface area contributed by atoms with Crippen LogP contribution in [0.1, 0.15) is 34.8 Å². The molecule has 1 atom stereocenters. The third-order valence-corrected chi connectivity index (χ3v) is 3.72. The number of halogens is 1. The summed E-state index contributed by atoms with van der Waals surface area (Å²) in [6.45, 7) is 2.70. The summed E-state index contributed by atoms with van der Waals surface area (Å²) >= 11 is 5.90. The van der Waals surface area contributed by atoms with Gasteiger partial charge in [-0.25, -0.2) is 4.79 Å². The molecule has 0 saturated carbocycles. The topological polar surface area (TPSA) is 42.7 Å². The number of nitrogens with zero attached hydrogens (tertiary/aromatic N) is 1. The van der Waals surface area contributed by atoms with Gasteiger partial charge in [0.05, 0.1) is 13.7 Å². The van der Waals surface area contributed by atoms with E-state index in [2.05, 4.69) is 16.6 Å². The molecule has 112 valence electrons. The van der Waals surface area contributed by atoms with Crippen LogP contribution in [0.3, 0.4) is 0 Å². The lowest BCUT2D eigenvalue weighted by Gasteiger charge is -2.24. The van der Waals surface area contributed by atoms with E-state index in [0.29, 0.717) is 6.54 Å². The Bertz CT molecular complexity index is 606. The van der Waals surface area contributed by atoms with E-state index in [-0.39, 0.29) is 11.8 Å². The van der Waals surface area contributed by atoms with Gasteiger partial charge in [0.2, 0.25) is 5.76 Å². The highest BCUT2D eigenvalue weighted by Crippen LogP contribution is 2.23. The molecule has 0 amide bonds. The van der Waals surface area contributed by atoms with Crippen molar-refractivity contribution in [3.05, 3.63) is 58.5 Å². The Labute approximate surface area is 129 Å². The molecule has 0 radical (unpaired) electrons. The fraction of sp³-hybridized carbons (Fsp3) is 0.312. The van der Waals surface area contributed by atoms with Crippen molar-refractivity contribution in [1.82, 2.24) is 4.90 Å². The zero-order valence-corrected chi connectivity index (χ0v) is 13.1. The second-order valence-electron chi connectivity index (χ2n) is 4.90. The summed E-state index contributed by atoms with van der Waals surface area (Å²) in [6, 6.07) is 11.4. The van der Waals surface area contributed by atoms with Crippen molar-refractivity contribution in [3.8, 4) is 0 Å². The van der Waals surface area contributed by atoms with Gasteiger partial charge in [0.1, 0.15) is 5.76 Å². The number of carbonyl (C=O) groups excluding carboxylic acids is 1. The van der Waals surface area contributed by atoms with Crippen molar-refractivity contribution >= 4 is 17.6 Å². The van der Waals surface area contributed by atoms with Gasteiger partial charge < -0.3 is 9.15 Å². The fourth-order valence-electron chi connectivity index (χ4n) is 2.05. The maximum atomic E-state index is 11.4. The van der Waals surface area contributed by atoms with E-state index in [9.17, 15) is 4.79 Å². The van der Waals surface area contributed by atoms with Gasteiger partial charge in [-0.05, 0) is 43.8 Å². The van der Waals surface area contributed by atoms with Crippen molar-refractivity contribution in [1.29, 1.82) is 0 Å². The predicted molar refractivity (Wildman–Crippen MR) is 81.4 cm³/mol. The molecule has 1 heterocycles. The lowest BCUT2D eigenvalue weighted by atomic mass is 10.1. The normalized spacial score (nSPS) is 12.4. The fourth-order valence-corrected chi connectivity index (χ4v) is 2.18. The maximum absolute atomic E-state index is 11.4. The van der Waals surface area contributed by atoms with E-state index in [1.54, 1.807) is 12.1 Å². The van der Waals surface area contributed by atoms with E-state index < -0.39 is 5.97 Å². The third-order valence-electron chi connectivity index (χ3n) is 3.47. The summed E-state index contributed by atoms with van der Waals surface area (Å²) in [6.07, 6.45) is 0. The number of furan rings is 1. The summed E-state index contributed by atoms with van der Waals surface area (Å²) in [5.41, 5.74) is 1.17. The Kier molecular flexibility index (Phi) is 5.04. The number of ether oxygens (including phenoxy) is 1. The first kappa shape index (κ1) is 15.6. The molecule has 5 heteroatoms. The van der Waals surface area contributed by atoms with Crippen LogP contribution in [0, 0.1) is 0 Å². The second-order valence-corrected chi connectivity index (χ2v) is 5.34. The summed E-state index contributed by atoms with van der Waals surface area (Å²) in [4.78, 5) is 13.5. The highest BCUT2D eigenvalue weighted by molar-refractivity contribution is 6.30. The maximum Gasteiger partial charge on any atom is 0.373 e. The molecule has 21 heavy (non-hydrogen) atoms. The van der Waals surface area contributed by atoms with Gasteiger partial charge in [-0.15, -0.1) is 0 Å². The molecule has 0 aliphatic heterocycles. The number of rotatable bonds is 5. The zero-order valence-electron chi connectivity index (χ0n) is 12.3. The molecule has 2 aromatic rings. The minimum absolute atomic E-state index is 0.203. The van der Waals surface area contributed by atoms with Crippen LogP contribution in [0.5, 0.6) is 0 Å². The lowest BCUT2D eigenvalue weighted by molar-refractivity contribution is 0.0561. The van der Waals surface area contributed by atoms with Gasteiger partial charge in [0, 0.05) is 11.1 Å². The largest absolute Gasteiger partial charge is 0.463 e. The van der Waals surface area contributed by atoms with Crippen molar-refractivity contribution in [2.45, 2.75) is 19.5 Å². The van der Waals surface area contributed by atoms with Crippen LogP contribution in [0.25, 0.3) is 0 Å². The molecular weight excluding hydrogens is 290 g/mol. The van der Waals surface area contributed by atoms with Gasteiger partial charge in [-0.1, -0.05) is 23.7 Å². The van der Waals surface area contributed by atoms with E-state index in [1.165, 1.54) is 12.7 Å². The summed E-state index contributed by atoms with van der Waals surface area (Å²) in [7, 11) is 3.33. The van der Waals surface area contributed by atoms with E-state index in [0.717, 1.165) is 10.8 Å². The Balaban J connectivity index is 2.03. The van der Waals surface area contributed by atoms with Crippen LogP contribution in [0.2, 0.25) is 5.02 Å². The lowest BCUT2D eigenvalue weighted by Crippen LogP contribution is -2.21. The molecule has 0 fully saturated rings. The molecule has 1 aromatic heterocycles. The standard InChI is InChI=1S/C16H18ClNO3/c1-11(12-4-6-13(17)7-5-12)18(2)10-14-8-9-15(21-14)16(19)20-3/h4-9,11H,10H2,1-3H3. The Hall–Kier alpha value is -1.78. The third kappa shape index (κ3) is 3.86. The first-order chi connectivity index (χ1) is 10.0. The predicted octanol–water partition coefficient (Wildman–Crippen LogP) is 3.91. The number of methoxy groups -OCH3 is 1. The summed E-state index contributed by atoms with van der Waals surface area (Å²) < 4.78 is 10.1. The molecule has 0 aliphatic rings. The van der Waals surface area contributed by atoms with Crippen LogP contribution >= 0.6 is 11.6 Å². The molecule has 0 N–H and O–H groups in total. The van der Waals surface area contributed by atoms with Gasteiger partial charge in [-0.2, -0.15) is 0 Å². The van der Waals surface area contributed by atoms with Gasteiger partial charge in [0.25, 0.3) is 0 Å². The monoisotopic (exact) mass is 307 g/mol. The van der Waals surface area contributed by atoms with Gasteiger partial charge in [0.15, 0.2) is 0 Å². The Morgan fingerprint density at radius 2 is 1.95 bits per heavy atom. The highest BCUT2D eigenvalue weighted by Gasteiger charge is 2.16. The summed E-state index contributed by atoms with van der Waals surface area (Å²) in [5.74, 6) is 0.480. The molecule has 0 aliphatic carbocycles. The summed E-state index contributed by atoms with van der Waals surface area (Å²) in [5, 5.41) is 0.724. The minimum Gasteiger partial charge on any atom is -0.463 e.